The van der Waals surface area contributed by atoms with E-state index in [1.54, 1.807) is 0 Å². The van der Waals surface area contributed by atoms with Crippen LogP contribution in [-0.4, -0.2) is 29.8 Å². The minimum Gasteiger partial charge on any atom is -0.386 e. The number of unbranched alkanes of at least 4 members (excludes halogenated alkanes) is 14. The maximum Gasteiger partial charge on any atom is 0.220 e. The molecule has 0 bridgehead atoms. The van der Waals surface area contributed by atoms with Crippen LogP contribution in [0, 0.1) is 0 Å². The molecule has 0 saturated carbocycles. The summed E-state index contributed by atoms with van der Waals surface area (Å²) in [4.78, 5) is 12.1. The second-order valence-corrected chi connectivity index (χ2v) is 9.53. The molecular weight excluding hydrogens is 389 g/mol. The van der Waals surface area contributed by atoms with E-state index in [9.17, 15) is 14.3 Å². The van der Waals surface area contributed by atoms with Crippen LogP contribution in [0.15, 0.2) is 11.1 Å². The number of hydrogen-bond acceptors (Lipinski definition) is 2. The first-order valence-electron chi connectivity index (χ1n) is 13.4. The number of rotatable bonds is 22. The molecule has 1 rings (SSSR count). The van der Waals surface area contributed by atoms with E-state index in [4.69, 9.17) is 0 Å². The summed E-state index contributed by atoms with van der Waals surface area (Å²) in [6.07, 6.45) is 21.5. The second-order valence-electron chi connectivity index (χ2n) is 9.53. The van der Waals surface area contributed by atoms with Gasteiger partial charge in [0, 0.05) is 6.42 Å². The Hall–Kier alpha value is -0.900. The number of halogens is 1. The minimum absolute atomic E-state index is 0.133. The lowest BCUT2D eigenvalue weighted by atomic mass is 10.0. The SMILES string of the molecule is CCCCCCCCCCCCCC1=C([C@@H](O)[C@H](CF)NC(=O)CCCCCCC)C1. The van der Waals surface area contributed by atoms with Crippen LogP contribution in [-0.2, 0) is 4.79 Å². The lowest BCUT2D eigenvalue weighted by Crippen LogP contribution is -2.44. The Kier molecular flexibility index (Phi) is 16.9. The number of hydrogen-bond donors (Lipinski definition) is 2. The number of carbonyl (C=O) groups excluding carboxylic acids is 1. The third kappa shape index (κ3) is 14.0. The highest BCUT2D eigenvalue weighted by molar-refractivity contribution is 5.76. The zero-order valence-corrected chi connectivity index (χ0v) is 20.5. The zero-order chi connectivity index (χ0) is 22.7. The zero-order valence-electron chi connectivity index (χ0n) is 20.5. The van der Waals surface area contributed by atoms with Crippen molar-refractivity contribution in [2.24, 2.45) is 0 Å². The van der Waals surface area contributed by atoms with Crippen molar-refractivity contribution in [1.29, 1.82) is 0 Å². The summed E-state index contributed by atoms with van der Waals surface area (Å²) >= 11 is 0. The number of carbonyl (C=O) groups is 1. The van der Waals surface area contributed by atoms with E-state index in [2.05, 4.69) is 19.2 Å². The molecule has 2 atom stereocenters. The summed E-state index contributed by atoms with van der Waals surface area (Å²) in [5, 5.41) is 13.2. The molecule has 0 aromatic heterocycles. The van der Waals surface area contributed by atoms with Crippen LogP contribution in [0.1, 0.15) is 136 Å². The number of nitrogens with one attached hydrogen (secondary N) is 1. The highest BCUT2D eigenvalue weighted by atomic mass is 19.1. The van der Waals surface area contributed by atoms with Gasteiger partial charge in [0.1, 0.15) is 6.67 Å². The molecule has 0 aromatic rings. The van der Waals surface area contributed by atoms with E-state index in [0.29, 0.717) is 6.42 Å². The first-order valence-corrected chi connectivity index (χ1v) is 13.4. The minimum atomic E-state index is -0.850. The van der Waals surface area contributed by atoms with Gasteiger partial charge in [0.25, 0.3) is 0 Å². The van der Waals surface area contributed by atoms with E-state index in [0.717, 1.165) is 44.1 Å². The molecule has 0 spiro atoms. The number of allylic oxidation sites excluding steroid dienone is 1. The Morgan fingerprint density at radius 3 is 1.84 bits per heavy atom. The lowest BCUT2D eigenvalue weighted by Gasteiger charge is -2.20. The second kappa shape index (κ2) is 18.7. The molecule has 1 aliphatic rings. The molecule has 0 unspecified atom stereocenters. The summed E-state index contributed by atoms with van der Waals surface area (Å²) in [5.74, 6) is -0.133. The van der Waals surface area contributed by atoms with Gasteiger partial charge in [-0.2, -0.15) is 0 Å². The Bertz CT molecular complexity index is 492. The van der Waals surface area contributed by atoms with Gasteiger partial charge >= 0.3 is 0 Å². The topological polar surface area (TPSA) is 49.3 Å². The van der Waals surface area contributed by atoms with Gasteiger partial charge in [-0.3, -0.25) is 4.79 Å². The van der Waals surface area contributed by atoms with Gasteiger partial charge in [0.05, 0.1) is 12.1 Å². The van der Waals surface area contributed by atoms with Gasteiger partial charge in [0.15, 0.2) is 0 Å². The molecule has 0 heterocycles. The number of aliphatic hydroxyl groups excluding tert-OH is 1. The summed E-state index contributed by atoms with van der Waals surface area (Å²) in [7, 11) is 0. The molecule has 4 heteroatoms. The van der Waals surface area contributed by atoms with Gasteiger partial charge in [-0.1, -0.05) is 109 Å². The molecule has 0 saturated heterocycles. The first kappa shape index (κ1) is 28.1. The first-order chi connectivity index (χ1) is 15.1. The predicted molar refractivity (Wildman–Crippen MR) is 130 cm³/mol. The van der Waals surface area contributed by atoms with Crippen molar-refractivity contribution >= 4 is 5.91 Å². The molecule has 3 nitrogen and oxygen atoms in total. The maximum atomic E-state index is 13.4. The summed E-state index contributed by atoms with van der Waals surface area (Å²) in [6.45, 7) is 3.71. The molecule has 31 heavy (non-hydrogen) atoms. The fourth-order valence-electron chi connectivity index (χ4n) is 4.36. The fraction of sp³-hybridized carbons (Fsp3) is 0.889. The van der Waals surface area contributed by atoms with Crippen LogP contribution in [0.5, 0.6) is 0 Å². The summed E-state index contributed by atoms with van der Waals surface area (Å²) in [5.41, 5.74) is 2.26. The van der Waals surface area contributed by atoms with Crippen molar-refractivity contribution in [3.8, 4) is 0 Å². The van der Waals surface area contributed by atoms with Crippen LogP contribution in [0.2, 0.25) is 0 Å². The standard InChI is InChI=1S/C27H50FNO2/c1-3-5-7-9-10-11-12-13-14-16-17-19-23-21-24(23)27(31)25(22-28)29-26(30)20-18-15-8-6-4-2/h25,27,31H,3-22H2,1-2H3,(H,29,30)/t25-,27+/m0/s1. The smallest absolute Gasteiger partial charge is 0.220 e. The average Bonchev–Trinajstić information content (AvgIpc) is 3.54. The summed E-state index contributed by atoms with van der Waals surface area (Å²) < 4.78 is 13.4. The van der Waals surface area contributed by atoms with Gasteiger partial charge < -0.3 is 10.4 Å². The van der Waals surface area contributed by atoms with Gasteiger partial charge in [-0.15, -0.1) is 0 Å². The van der Waals surface area contributed by atoms with Crippen molar-refractivity contribution in [2.75, 3.05) is 6.67 Å². The monoisotopic (exact) mass is 439 g/mol. The molecule has 0 aliphatic heterocycles. The Morgan fingerprint density at radius 1 is 0.839 bits per heavy atom. The van der Waals surface area contributed by atoms with Crippen LogP contribution >= 0.6 is 0 Å². The number of amides is 1. The molecule has 0 aromatic carbocycles. The number of aliphatic hydroxyl groups is 1. The average molecular weight is 440 g/mol. The quantitative estimate of drug-likeness (QED) is 0.135. The van der Waals surface area contributed by atoms with Gasteiger partial charge in [-0.25, -0.2) is 4.39 Å². The van der Waals surface area contributed by atoms with Crippen molar-refractivity contribution < 1.29 is 14.3 Å². The number of alkyl halides is 1. The molecule has 1 amide bonds. The normalized spacial score (nSPS) is 15.2. The van der Waals surface area contributed by atoms with Crippen molar-refractivity contribution in [2.45, 2.75) is 148 Å². The van der Waals surface area contributed by atoms with Crippen molar-refractivity contribution in [3.05, 3.63) is 11.1 Å². The Morgan fingerprint density at radius 2 is 1.32 bits per heavy atom. The fourth-order valence-corrected chi connectivity index (χ4v) is 4.36. The predicted octanol–water partition coefficient (Wildman–Crippen LogP) is 7.56. The van der Waals surface area contributed by atoms with E-state index < -0.39 is 18.8 Å². The largest absolute Gasteiger partial charge is 0.386 e. The Balaban J connectivity index is 2.09. The molecule has 0 fully saturated rings. The van der Waals surface area contributed by atoms with E-state index in [1.165, 1.54) is 82.6 Å². The van der Waals surface area contributed by atoms with Crippen LogP contribution < -0.4 is 5.32 Å². The third-order valence-electron chi connectivity index (χ3n) is 6.57. The van der Waals surface area contributed by atoms with Crippen LogP contribution in [0.25, 0.3) is 0 Å². The summed E-state index contributed by atoms with van der Waals surface area (Å²) in [6, 6.07) is -0.784. The van der Waals surface area contributed by atoms with Crippen LogP contribution in [0.4, 0.5) is 4.39 Å². The van der Waals surface area contributed by atoms with Crippen LogP contribution in [0.3, 0.4) is 0 Å². The molecule has 1 aliphatic carbocycles. The highest BCUT2D eigenvalue weighted by Crippen LogP contribution is 2.38. The molecule has 0 radical (unpaired) electrons. The lowest BCUT2D eigenvalue weighted by molar-refractivity contribution is -0.122. The van der Waals surface area contributed by atoms with Crippen molar-refractivity contribution in [3.63, 3.8) is 0 Å². The molecule has 182 valence electrons. The van der Waals surface area contributed by atoms with E-state index in [-0.39, 0.29) is 5.91 Å². The molecule has 2 N–H and O–H groups in total. The highest BCUT2D eigenvalue weighted by Gasteiger charge is 2.33. The van der Waals surface area contributed by atoms with Crippen molar-refractivity contribution in [1.82, 2.24) is 5.32 Å². The van der Waals surface area contributed by atoms with Gasteiger partial charge in [0.2, 0.25) is 5.91 Å². The van der Waals surface area contributed by atoms with Gasteiger partial charge in [-0.05, 0) is 31.3 Å². The third-order valence-corrected chi connectivity index (χ3v) is 6.57. The maximum absolute atomic E-state index is 13.4. The Labute approximate surface area is 191 Å². The van der Waals surface area contributed by atoms with E-state index in [1.807, 2.05) is 0 Å². The van der Waals surface area contributed by atoms with E-state index >= 15 is 0 Å². The molecular formula is C27H50FNO2.